The average molecular weight is 481 g/mol. The second-order valence-electron chi connectivity index (χ2n) is 8.30. The first-order valence-electron chi connectivity index (χ1n) is 11.1. The Hall–Kier alpha value is -3.52. The molecule has 1 atom stereocenters. The molecule has 0 bridgehead atoms. The van der Waals surface area contributed by atoms with Crippen molar-refractivity contribution in [1.29, 1.82) is 0 Å². The van der Waals surface area contributed by atoms with E-state index in [1.165, 1.54) is 12.1 Å². The molecule has 7 nitrogen and oxygen atoms in total. The summed E-state index contributed by atoms with van der Waals surface area (Å²) in [6.07, 6.45) is 0. The van der Waals surface area contributed by atoms with Crippen LogP contribution in [0, 0.1) is 13.8 Å². The largest absolute Gasteiger partial charge is 0.486 e. The Morgan fingerprint density at radius 3 is 2.38 bits per heavy atom. The van der Waals surface area contributed by atoms with Crippen LogP contribution in [0.3, 0.4) is 0 Å². The van der Waals surface area contributed by atoms with Crippen molar-refractivity contribution in [2.75, 3.05) is 24.1 Å². The van der Waals surface area contributed by atoms with Gasteiger partial charge in [-0.15, -0.1) is 0 Å². The third-order valence-corrected chi connectivity index (χ3v) is 7.49. The lowest BCUT2D eigenvalue weighted by Gasteiger charge is -2.27. The van der Waals surface area contributed by atoms with E-state index in [9.17, 15) is 13.2 Å². The summed E-state index contributed by atoms with van der Waals surface area (Å²) in [5, 5.41) is 2.94. The maximum Gasteiger partial charge on any atom is 0.264 e. The van der Waals surface area contributed by atoms with E-state index < -0.39 is 15.9 Å². The molecule has 1 heterocycles. The number of amides is 1. The molecule has 0 aromatic heterocycles. The number of nitrogens with zero attached hydrogens (tertiary/aromatic N) is 1. The van der Waals surface area contributed by atoms with Crippen molar-refractivity contribution in [3.8, 4) is 11.5 Å². The summed E-state index contributed by atoms with van der Waals surface area (Å²) in [6, 6.07) is 18.7. The SMILES string of the molecule is Cc1ccc([C@@H](C)NC(=O)CN(c2ccc3c(c2)OCCO3)S(=O)(=O)c2ccccc2)c(C)c1. The van der Waals surface area contributed by atoms with Crippen molar-refractivity contribution in [2.24, 2.45) is 0 Å². The van der Waals surface area contributed by atoms with E-state index in [1.807, 2.05) is 32.9 Å². The minimum absolute atomic E-state index is 0.0973. The number of nitrogens with one attached hydrogen (secondary N) is 1. The summed E-state index contributed by atoms with van der Waals surface area (Å²) in [5.74, 6) is 0.572. The third-order valence-electron chi connectivity index (χ3n) is 5.70. The molecule has 1 aliphatic rings. The normalized spacial score (nSPS) is 13.7. The maximum absolute atomic E-state index is 13.6. The van der Waals surface area contributed by atoms with Crippen LogP contribution in [0.4, 0.5) is 5.69 Å². The van der Waals surface area contributed by atoms with Crippen LogP contribution in [0.1, 0.15) is 29.7 Å². The molecule has 3 aromatic carbocycles. The molecular weight excluding hydrogens is 452 g/mol. The number of hydrogen-bond donors (Lipinski definition) is 1. The van der Waals surface area contributed by atoms with Gasteiger partial charge >= 0.3 is 0 Å². The van der Waals surface area contributed by atoms with Gasteiger partial charge in [-0.2, -0.15) is 0 Å². The smallest absolute Gasteiger partial charge is 0.264 e. The Bertz CT molecular complexity index is 1290. The highest BCUT2D eigenvalue weighted by Crippen LogP contribution is 2.35. The number of fused-ring (bicyclic) bond motifs is 1. The van der Waals surface area contributed by atoms with Crippen molar-refractivity contribution in [3.05, 3.63) is 83.4 Å². The highest BCUT2D eigenvalue weighted by atomic mass is 32.2. The molecule has 0 spiro atoms. The van der Waals surface area contributed by atoms with E-state index >= 15 is 0 Å². The van der Waals surface area contributed by atoms with Gasteiger partial charge < -0.3 is 14.8 Å². The summed E-state index contributed by atoms with van der Waals surface area (Å²) in [7, 11) is -4.01. The Morgan fingerprint density at radius 2 is 1.68 bits per heavy atom. The summed E-state index contributed by atoms with van der Waals surface area (Å²) >= 11 is 0. The standard InChI is InChI=1S/C26H28N2O5S/c1-18-9-11-23(19(2)15-18)20(3)27-26(29)17-28(34(30,31)22-7-5-4-6-8-22)21-10-12-24-25(16-21)33-14-13-32-24/h4-12,15-16,20H,13-14,17H2,1-3H3,(H,27,29)/t20-/m1/s1. The van der Waals surface area contributed by atoms with E-state index in [1.54, 1.807) is 36.4 Å². The molecule has 1 N–H and O–H groups in total. The van der Waals surface area contributed by atoms with Crippen molar-refractivity contribution >= 4 is 21.6 Å². The van der Waals surface area contributed by atoms with Crippen LogP contribution in [0.25, 0.3) is 0 Å². The minimum Gasteiger partial charge on any atom is -0.486 e. The fraction of sp³-hybridized carbons (Fsp3) is 0.269. The number of sulfonamides is 1. The van der Waals surface area contributed by atoms with Gasteiger partial charge in [0.05, 0.1) is 16.6 Å². The molecule has 0 radical (unpaired) electrons. The molecule has 1 amide bonds. The minimum atomic E-state index is -4.01. The first-order valence-corrected chi connectivity index (χ1v) is 12.5. The van der Waals surface area contributed by atoms with Crippen molar-refractivity contribution in [3.63, 3.8) is 0 Å². The Kier molecular flexibility index (Phi) is 6.79. The highest BCUT2D eigenvalue weighted by Gasteiger charge is 2.29. The summed E-state index contributed by atoms with van der Waals surface area (Å²) < 4.78 is 39.4. The lowest BCUT2D eigenvalue weighted by atomic mass is 10.0. The van der Waals surface area contributed by atoms with Gasteiger partial charge in [-0.25, -0.2) is 8.42 Å². The molecular formula is C26H28N2O5S. The van der Waals surface area contributed by atoms with E-state index in [4.69, 9.17) is 9.47 Å². The predicted molar refractivity (Wildman–Crippen MR) is 131 cm³/mol. The zero-order valence-corrected chi connectivity index (χ0v) is 20.3. The van der Waals surface area contributed by atoms with Gasteiger partial charge in [-0.05, 0) is 56.2 Å². The van der Waals surface area contributed by atoms with E-state index in [0.717, 1.165) is 21.0 Å². The second-order valence-corrected chi connectivity index (χ2v) is 10.2. The van der Waals surface area contributed by atoms with Crippen LogP contribution in [-0.4, -0.2) is 34.1 Å². The Labute approximate surface area is 200 Å². The lowest BCUT2D eigenvalue weighted by Crippen LogP contribution is -2.41. The number of benzene rings is 3. The maximum atomic E-state index is 13.6. The molecule has 34 heavy (non-hydrogen) atoms. The van der Waals surface area contributed by atoms with Gasteiger partial charge in [0.2, 0.25) is 5.91 Å². The number of carbonyl (C=O) groups excluding carboxylic acids is 1. The van der Waals surface area contributed by atoms with Gasteiger partial charge in [-0.3, -0.25) is 9.10 Å². The first kappa shape index (κ1) is 23.6. The number of aryl methyl sites for hydroxylation is 2. The van der Waals surface area contributed by atoms with E-state index in [0.29, 0.717) is 30.4 Å². The number of ether oxygens (including phenoxy) is 2. The monoisotopic (exact) mass is 480 g/mol. The quantitative estimate of drug-likeness (QED) is 0.549. The molecule has 0 fully saturated rings. The fourth-order valence-corrected chi connectivity index (χ4v) is 5.46. The average Bonchev–Trinajstić information content (AvgIpc) is 2.82. The molecule has 0 saturated carbocycles. The zero-order chi connectivity index (χ0) is 24.3. The van der Waals surface area contributed by atoms with E-state index in [2.05, 4.69) is 11.4 Å². The fourth-order valence-electron chi connectivity index (χ4n) is 4.03. The molecule has 0 unspecified atom stereocenters. The van der Waals surface area contributed by atoms with Crippen LogP contribution < -0.4 is 19.1 Å². The van der Waals surface area contributed by atoms with Gasteiger partial charge in [0.1, 0.15) is 19.8 Å². The molecule has 178 valence electrons. The third kappa shape index (κ3) is 5.02. The van der Waals surface area contributed by atoms with Crippen molar-refractivity contribution < 1.29 is 22.7 Å². The lowest BCUT2D eigenvalue weighted by molar-refractivity contribution is -0.120. The van der Waals surface area contributed by atoms with Crippen LogP contribution >= 0.6 is 0 Å². The van der Waals surface area contributed by atoms with Gasteiger partial charge in [0, 0.05) is 6.07 Å². The van der Waals surface area contributed by atoms with Crippen molar-refractivity contribution in [2.45, 2.75) is 31.7 Å². The van der Waals surface area contributed by atoms with Crippen LogP contribution in [0.15, 0.2) is 71.6 Å². The second kappa shape index (κ2) is 9.77. The highest BCUT2D eigenvalue weighted by molar-refractivity contribution is 7.92. The topological polar surface area (TPSA) is 84.9 Å². The van der Waals surface area contributed by atoms with Gasteiger partial charge in [-0.1, -0.05) is 42.0 Å². The molecule has 0 aliphatic carbocycles. The number of carbonyl (C=O) groups is 1. The molecule has 3 aromatic rings. The number of anilines is 1. The molecule has 0 saturated heterocycles. The summed E-state index contributed by atoms with van der Waals surface area (Å²) in [4.78, 5) is 13.2. The summed E-state index contributed by atoms with van der Waals surface area (Å²) in [6.45, 7) is 6.31. The van der Waals surface area contributed by atoms with Gasteiger partial charge in [0.15, 0.2) is 11.5 Å². The Balaban J connectivity index is 1.64. The number of hydrogen-bond acceptors (Lipinski definition) is 5. The van der Waals surface area contributed by atoms with Gasteiger partial charge in [0.25, 0.3) is 10.0 Å². The Morgan fingerprint density at radius 1 is 0.971 bits per heavy atom. The van der Waals surface area contributed by atoms with E-state index in [-0.39, 0.29) is 17.5 Å². The first-order chi connectivity index (χ1) is 16.3. The predicted octanol–water partition coefficient (Wildman–Crippen LogP) is 4.15. The molecule has 8 heteroatoms. The van der Waals surface area contributed by atoms with Crippen LogP contribution in [-0.2, 0) is 14.8 Å². The molecule has 1 aliphatic heterocycles. The van der Waals surface area contributed by atoms with Crippen LogP contribution in [0.5, 0.6) is 11.5 Å². The van der Waals surface area contributed by atoms with Crippen molar-refractivity contribution in [1.82, 2.24) is 5.32 Å². The zero-order valence-electron chi connectivity index (χ0n) is 19.4. The summed E-state index contributed by atoms with van der Waals surface area (Å²) in [5.41, 5.74) is 3.50. The van der Waals surface area contributed by atoms with Crippen LogP contribution in [0.2, 0.25) is 0 Å². The number of rotatable bonds is 7. The molecule has 4 rings (SSSR count).